The molecule has 2 rings (SSSR count). The highest BCUT2D eigenvalue weighted by Crippen LogP contribution is 2.09. The van der Waals surface area contributed by atoms with Crippen molar-refractivity contribution in [3.8, 4) is 0 Å². The number of hydrogen-bond acceptors (Lipinski definition) is 5. The second-order valence-electron chi connectivity index (χ2n) is 3.98. The number of hydrogen-bond donors (Lipinski definition) is 2. The molecule has 1 aromatic rings. The topological polar surface area (TPSA) is 70.2 Å². The van der Waals surface area contributed by atoms with Gasteiger partial charge in [-0.2, -0.15) is 0 Å². The Morgan fingerprint density at radius 2 is 2.12 bits per heavy atom. The maximum atomic E-state index is 12.2. The third-order valence-electron chi connectivity index (χ3n) is 2.72. The first-order valence-electron chi connectivity index (χ1n) is 5.74. The predicted molar refractivity (Wildman–Crippen MR) is 65.1 cm³/mol. The molecule has 0 aromatic carbocycles. The van der Waals surface area contributed by atoms with Crippen LogP contribution in [0, 0.1) is 6.92 Å². The monoisotopic (exact) mass is 235 g/mol. The summed E-state index contributed by atoms with van der Waals surface area (Å²) in [5, 5.41) is 6.15. The van der Waals surface area contributed by atoms with E-state index in [2.05, 4.69) is 20.6 Å². The molecule has 0 bridgehead atoms. The summed E-state index contributed by atoms with van der Waals surface area (Å²) >= 11 is 0. The van der Waals surface area contributed by atoms with Crippen molar-refractivity contribution in [2.24, 2.45) is 0 Å². The Morgan fingerprint density at radius 1 is 1.41 bits per heavy atom. The van der Waals surface area contributed by atoms with Crippen LogP contribution >= 0.6 is 0 Å². The third kappa shape index (κ3) is 2.71. The predicted octanol–water partition coefficient (Wildman–Crippen LogP) is -0.128. The molecule has 0 saturated carbocycles. The van der Waals surface area contributed by atoms with Gasteiger partial charge in [-0.25, -0.2) is 9.97 Å². The van der Waals surface area contributed by atoms with Crippen LogP contribution in [0.5, 0.6) is 0 Å². The van der Waals surface area contributed by atoms with Crippen LogP contribution in [-0.2, 0) is 0 Å². The molecular formula is C11H17N5O. The van der Waals surface area contributed by atoms with Crippen LogP contribution in [-0.4, -0.2) is 54.0 Å². The summed E-state index contributed by atoms with van der Waals surface area (Å²) in [6, 6.07) is 1.69. The molecule has 0 unspecified atom stereocenters. The molecule has 1 aromatic heterocycles. The molecule has 6 heteroatoms. The van der Waals surface area contributed by atoms with Crippen molar-refractivity contribution in [3.63, 3.8) is 0 Å². The lowest BCUT2D eigenvalue weighted by atomic mass is 10.3. The van der Waals surface area contributed by atoms with Gasteiger partial charge in [-0.1, -0.05) is 0 Å². The summed E-state index contributed by atoms with van der Waals surface area (Å²) in [7, 11) is 1.78. The first-order valence-corrected chi connectivity index (χ1v) is 5.74. The van der Waals surface area contributed by atoms with Gasteiger partial charge >= 0.3 is 0 Å². The van der Waals surface area contributed by atoms with Crippen molar-refractivity contribution in [2.75, 3.05) is 38.5 Å². The van der Waals surface area contributed by atoms with Crippen LogP contribution in [0.3, 0.4) is 0 Å². The third-order valence-corrected chi connectivity index (χ3v) is 2.72. The Balaban J connectivity index is 2.20. The number of anilines is 1. The fourth-order valence-corrected chi connectivity index (χ4v) is 1.84. The van der Waals surface area contributed by atoms with Crippen molar-refractivity contribution in [2.45, 2.75) is 6.92 Å². The largest absolute Gasteiger partial charge is 0.373 e. The highest BCUT2D eigenvalue weighted by atomic mass is 16.2. The standard InChI is InChI=1S/C11H17N5O/c1-8-14-9(7-10(12-2)15-8)11(17)16-5-3-13-4-6-16/h7,13H,3-6H2,1-2H3,(H,12,14,15). The van der Waals surface area contributed by atoms with Gasteiger partial charge in [0.25, 0.3) is 5.91 Å². The smallest absolute Gasteiger partial charge is 0.272 e. The number of amides is 1. The summed E-state index contributed by atoms with van der Waals surface area (Å²) in [6.07, 6.45) is 0. The van der Waals surface area contributed by atoms with E-state index >= 15 is 0 Å². The minimum absolute atomic E-state index is 0.0199. The van der Waals surface area contributed by atoms with E-state index in [1.807, 2.05) is 4.90 Å². The highest BCUT2D eigenvalue weighted by Gasteiger charge is 2.19. The summed E-state index contributed by atoms with van der Waals surface area (Å²) in [5.74, 6) is 1.26. The number of nitrogens with one attached hydrogen (secondary N) is 2. The summed E-state index contributed by atoms with van der Waals surface area (Å²) in [5.41, 5.74) is 0.462. The van der Waals surface area contributed by atoms with Crippen LogP contribution in [0.15, 0.2) is 6.07 Å². The van der Waals surface area contributed by atoms with Crippen molar-refractivity contribution in [3.05, 3.63) is 17.6 Å². The van der Waals surface area contributed by atoms with E-state index in [0.717, 1.165) is 26.2 Å². The van der Waals surface area contributed by atoms with Crippen LogP contribution in [0.25, 0.3) is 0 Å². The van der Waals surface area contributed by atoms with Crippen molar-refractivity contribution >= 4 is 11.7 Å². The van der Waals surface area contributed by atoms with Crippen molar-refractivity contribution in [1.29, 1.82) is 0 Å². The Kier molecular flexibility index (Phi) is 3.53. The number of nitrogens with zero attached hydrogens (tertiary/aromatic N) is 3. The molecule has 2 heterocycles. The molecule has 1 amide bonds. The lowest BCUT2D eigenvalue weighted by Gasteiger charge is -2.27. The molecule has 6 nitrogen and oxygen atoms in total. The lowest BCUT2D eigenvalue weighted by Crippen LogP contribution is -2.46. The van der Waals surface area contributed by atoms with Crippen LogP contribution in [0.2, 0.25) is 0 Å². The molecule has 1 saturated heterocycles. The van der Waals surface area contributed by atoms with E-state index in [-0.39, 0.29) is 5.91 Å². The van der Waals surface area contributed by atoms with Gasteiger partial charge in [-0.05, 0) is 6.92 Å². The Labute approximate surface area is 100 Å². The SMILES string of the molecule is CNc1cc(C(=O)N2CCNCC2)nc(C)n1. The molecule has 2 N–H and O–H groups in total. The fourth-order valence-electron chi connectivity index (χ4n) is 1.84. The second kappa shape index (κ2) is 5.09. The number of carbonyl (C=O) groups is 1. The molecule has 1 fully saturated rings. The van der Waals surface area contributed by atoms with Crippen molar-refractivity contribution in [1.82, 2.24) is 20.2 Å². The Bertz CT molecular complexity index is 414. The molecular weight excluding hydrogens is 218 g/mol. The van der Waals surface area contributed by atoms with Gasteiger partial charge in [0.1, 0.15) is 17.3 Å². The molecule has 92 valence electrons. The van der Waals surface area contributed by atoms with E-state index in [1.54, 1.807) is 20.0 Å². The molecule has 0 aliphatic carbocycles. The molecule has 0 radical (unpaired) electrons. The molecule has 1 aliphatic heterocycles. The average molecular weight is 235 g/mol. The number of piperazine rings is 1. The normalized spacial score (nSPS) is 15.8. The van der Waals surface area contributed by atoms with Crippen molar-refractivity contribution < 1.29 is 4.79 Å². The second-order valence-corrected chi connectivity index (χ2v) is 3.98. The average Bonchev–Trinajstić information content (AvgIpc) is 2.38. The van der Waals surface area contributed by atoms with Crippen LogP contribution in [0.1, 0.15) is 16.3 Å². The van der Waals surface area contributed by atoms with E-state index in [1.165, 1.54) is 0 Å². The molecule has 1 aliphatic rings. The van der Waals surface area contributed by atoms with Crippen LogP contribution < -0.4 is 10.6 Å². The van der Waals surface area contributed by atoms with Gasteiger partial charge in [0, 0.05) is 39.3 Å². The molecule has 0 atom stereocenters. The van der Waals surface area contributed by atoms with E-state index in [0.29, 0.717) is 17.3 Å². The van der Waals surface area contributed by atoms with Gasteiger partial charge in [-0.3, -0.25) is 4.79 Å². The van der Waals surface area contributed by atoms with E-state index in [9.17, 15) is 4.79 Å². The highest BCUT2D eigenvalue weighted by molar-refractivity contribution is 5.93. The first kappa shape index (κ1) is 11.8. The van der Waals surface area contributed by atoms with Gasteiger partial charge in [-0.15, -0.1) is 0 Å². The Morgan fingerprint density at radius 3 is 2.76 bits per heavy atom. The number of carbonyl (C=O) groups excluding carboxylic acids is 1. The molecule has 0 spiro atoms. The Hall–Kier alpha value is -1.69. The van der Waals surface area contributed by atoms with Gasteiger partial charge in [0.15, 0.2) is 0 Å². The minimum atomic E-state index is -0.0199. The molecule has 17 heavy (non-hydrogen) atoms. The number of aryl methyl sites for hydroxylation is 1. The maximum absolute atomic E-state index is 12.2. The summed E-state index contributed by atoms with van der Waals surface area (Å²) < 4.78 is 0. The maximum Gasteiger partial charge on any atom is 0.272 e. The lowest BCUT2D eigenvalue weighted by molar-refractivity contribution is 0.0729. The number of rotatable bonds is 2. The quantitative estimate of drug-likeness (QED) is 0.747. The fraction of sp³-hybridized carbons (Fsp3) is 0.545. The summed E-state index contributed by atoms with van der Waals surface area (Å²) in [4.78, 5) is 22.4. The summed E-state index contributed by atoms with van der Waals surface area (Å²) in [6.45, 7) is 4.94. The van der Waals surface area contributed by atoms with Gasteiger partial charge in [0.2, 0.25) is 0 Å². The van der Waals surface area contributed by atoms with Crippen LogP contribution in [0.4, 0.5) is 5.82 Å². The zero-order valence-corrected chi connectivity index (χ0v) is 10.2. The van der Waals surface area contributed by atoms with Gasteiger partial charge in [0.05, 0.1) is 0 Å². The minimum Gasteiger partial charge on any atom is -0.373 e. The van der Waals surface area contributed by atoms with E-state index < -0.39 is 0 Å². The van der Waals surface area contributed by atoms with E-state index in [4.69, 9.17) is 0 Å². The zero-order valence-electron chi connectivity index (χ0n) is 10.2. The zero-order chi connectivity index (χ0) is 12.3. The first-order chi connectivity index (χ1) is 8.20. The van der Waals surface area contributed by atoms with Gasteiger partial charge < -0.3 is 15.5 Å². The number of aromatic nitrogens is 2.